The molecule has 0 spiro atoms. The SMILES string of the molecule is N#Cc1cnn2cc(NCCF)cc(-c3ccc(N4CC5CC(C4)N5Cc4ccc(OC(F)F)cc4)nc3)c12. The number of pyridine rings is 2. The molecule has 3 aromatic heterocycles. The zero-order valence-electron chi connectivity index (χ0n) is 21.0. The van der Waals surface area contributed by atoms with E-state index in [9.17, 15) is 18.4 Å². The molecule has 3 aliphatic heterocycles. The fraction of sp³-hybridized carbons (Fsp3) is 0.321. The average Bonchev–Trinajstić information content (AvgIpc) is 3.38. The maximum atomic E-state index is 12.7. The number of piperazine rings is 1. The molecule has 3 aliphatic rings. The van der Waals surface area contributed by atoms with Gasteiger partial charge in [0.05, 0.1) is 29.2 Å². The average molecular weight is 534 g/mol. The summed E-state index contributed by atoms with van der Waals surface area (Å²) in [5, 5.41) is 16.9. The van der Waals surface area contributed by atoms with Crippen LogP contribution in [0.1, 0.15) is 17.5 Å². The first-order valence-electron chi connectivity index (χ1n) is 12.7. The van der Waals surface area contributed by atoms with Crippen LogP contribution in [0.2, 0.25) is 0 Å². The van der Waals surface area contributed by atoms with Crippen LogP contribution in [0.4, 0.5) is 24.7 Å². The smallest absolute Gasteiger partial charge is 0.387 e. The first-order chi connectivity index (χ1) is 19.0. The van der Waals surface area contributed by atoms with Crippen molar-refractivity contribution in [3.05, 3.63) is 72.2 Å². The van der Waals surface area contributed by atoms with Crippen molar-refractivity contribution in [2.24, 2.45) is 0 Å². The largest absolute Gasteiger partial charge is 0.435 e. The Labute approximate surface area is 223 Å². The highest BCUT2D eigenvalue weighted by Gasteiger charge is 2.44. The summed E-state index contributed by atoms with van der Waals surface area (Å²) in [5.74, 6) is 1.05. The second kappa shape index (κ2) is 10.5. The molecule has 7 rings (SSSR count). The topological polar surface area (TPSA) is 81.7 Å². The minimum absolute atomic E-state index is 0.166. The number of anilines is 2. The Balaban J connectivity index is 1.15. The highest BCUT2D eigenvalue weighted by atomic mass is 19.3. The van der Waals surface area contributed by atoms with E-state index in [1.54, 1.807) is 29.0 Å². The van der Waals surface area contributed by atoms with Gasteiger partial charge in [0.2, 0.25) is 0 Å². The van der Waals surface area contributed by atoms with E-state index in [0.717, 1.165) is 48.6 Å². The van der Waals surface area contributed by atoms with Crippen LogP contribution in [-0.2, 0) is 6.54 Å². The number of nitrogens with one attached hydrogen (secondary N) is 1. The van der Waals surface area contributed by atoms with E-state index >= 15 is 0 Å². The van der Waals surface area contributed by atoms with Gasteiger partial charge in [0.1, 0.15) is 24.3 Å². The van der Waals surface area contributed by atoms with Gasteiger partial charge in [0, 0.05) is 55.6 Å². The Morgan fingerprint density at radius 1 is 1.10 bits per heavy atom. The predicted molar refractivity (Wildman–Crippen MR) is 141 cm³/mol. The zero-order valence-corrected chi connectivity index (χ0v) is 21.0. The number of ether oxygens (including phenoxy) is 1. The van der Waals surface area contributed by atoms with Crippen molar-refractivity contribution in [1.29, 1.82) is 5.26 Å². The third-order valence-electron chi connectivity index (χ3n) is 7.40. The van der Waals surface area contributed by atoms with E-state index in [1.807, 2.05) is 30.3 Å². The van der Waals surface area contributed by atoms with Gasteiger partial charge >= 0.3 is 6.61 Å². The number of piperidine rings is 1. The standard InChI is InChI=1S/C28H26F3N7O/c29-7-8-33-21-9-25(27-20(11-32)13-35-38(27)15-21)19-3-6-26(34-12-19)36-16-22-10-23(17-36)37(22)14-18-1-4-24(5-2-18)39-28(30)31/h1-6,9,12-13,15,22-23,28,33H,7-8,10,14,16-17H2. The molecule has 1 N–H and O–H groups in total. The van der Waals surface area contributed by atoms with Crippen molar-refractivity contribution >= 4 is 17.0 Å². The van der Waals surface area contributed by atoms with Crippen LogP contribution >= 0.6 is 0 Å². The summed E-state index contributed by atoms with van der Waals surface area (Å²) in [5.41, 5.74) is 4.55. The molecule has 0 aliphatic carbocycles. The Morgan fingerprint density at radius 2 is 1.90 bits per heavy atom. The van der Waals surface area contributed by atoms with Crippen LogP contribution in [0, 0.1) is 11.3 Å². The molecule has 1 aromatic carbocycles. The quantitative estimate of drug-likeness (QED) is 0.334. The van der Waals surface area contributed by atoms with Crippen LogP contribution < -0.4 is 15.0 Å². The molecule has 39 heavy (non-hydrogen) atoms. The molecule has 2 unspecified atom stereocenters. The molecule has 0 amide bonds. The molecule has 11 heteroatoms. The van der Waals surface area contributed by atoms with Crippen molar-refractivity contribution < 1.29 is 17.9 Å². The van der Waals surface area contributed by atoms with Crippen LogP contribution in [0.5, 0.6) is 5.75 Å². The lowest BCUT2D eigenvalue weighted by Gasteiger charge is -2.56. The van der Waals surface area contributed by atoms with E-state index in [1.165, 1.54) is 6.20 Å². The number of nitriles is 1. The summed E-state index contributed by atoms with van der Waals surface area (Å²) in [6.07, 6.45) is 6.19. The minimum atomic E-state index is -2.82. The Kier molecular flexibility index (Phi) is 6.70. The first kappa shape index (κ1) is 25.0. The van der Waals surface area contributed by atoms with Crippen molar-refractivity contribution in [3.8, 4) is 22.9 Å². The van der Waals surface area contributed by atoms with E-state index in [4.69, 9.17) is 4.98 Å². The third kappa shape index (κ3) is 4.95. The summed E-state index contributed by atoms with van der Waals surface area (Å²) in [4.78, 5) is 9.49. The lowest BCUT2D eigenvalue weighted by molar-refractivity contribution is -0.0498. The van der Waals surface area contributed by atoms with E-state index in [0.29, 0.717) is 28.9 Å². The van der Waals surface area contributed by atoms with Crippen molar-refractivity contribution in [2.75, 3.05) is 36.5 Å². The molecule has 3 saturated heterocycles. The van der Waals surface area contributed by atoms with Crippen molar-refractivity contribution in [3.63, 3.8) is 0 Å². The highest BCUT2D eigenvalue weighted by Crippen LogP contribution is 2.36. The van der Waals surface area contributed by atoms with Gasteiger partial charge in [-0.05, 0) is 42.3 Å². The molecule has 200 valence electrons. The highest BCUT2D eigenvalue weighted by molar-refractivity contribution is 5.86. The van der Waals surface area contributed by atoms with Crippen LogP contribution in [0.25, 0.3) is 16.6 Å². The lowest BCUT2D eigenvalue weighted by atomic mass is 9.86. The van der Waals surface area contributed by atoms with Crippen LogP contribution in [0.3, 0.4) is 0 Å². The van der Waals surface area contributed by atoms with Crippen molar-refractivity contribution in [1.82, 2.24) is 19.5 Å². The van der Waals surface area contributed by atoms with Gasteiger partial charge in [-0.3, -0.25) is 4.90 Å². The summed E-state index contributed by atoms with van der Waals surface area (Å²) in [6, 6.07) is 15.7. The van der Waals surface area contributed by atoms with Gasteiger partial charge < -0.3 is 15.0 Å². The van der Waals surface area contributed by atoms with Gasteiger partial charge in [-0.2, -0.15) is 19.1 Å². The number of alkyl halides is 3. The van der Waals surface area contributed by atoms with Gasteiger partial charge in [-0.1, -0.05) is 12.1 Å². The molecule has 6 heterocycles. The number of benzene rings is 1. The number of nitrogens with zero attached hydrogens (tertiary/aromatic N) is 6. The zero-order chi connectivity index (χ0) is 26.9. The molecular formula is C28H26F3N7O. The maximum absolute atomic E-state index is 12.7. The Morgan fingerprint density at radius 3 is 2.56 bits per heavy atom. The summed E-state index contributed by atoms with van der Waals surface area (Å²) >= 11 is 0. The molecule has 4 aromatic rings. The fourth-order valence-corrected chi connectivity index (χ4v) is 5.56. The van der Waals surface area contributed by atoms with Gasteiger partial charge in [-0.25, -0.2) is 13.9 Å². The lowest BCUT2D eigenvalue weighted by Crippen LogP contribution is -2.68. The molecule has 2 atom stereocenters. The number of aromatic nitrogens is 3. The third-order valence-corrected chi connectivity index (χ3v) is 7.40. The van der Waals surface area contributed by atoms with E-state index in [2.05, 4.69) is 31.0 Å². The molecule has 8 nitrogen and oxygen atoms in total. The van der Waals surface area contributed by atoms with Crippen LogP contribution in [-0.4, -0.2) is 64.5 Å². The Bertz CT molecular complexity index is 1490. The summed E-state index contributed by atoms with van der Waals surface area (Å²) in [6.45, 7) is -0.672. The number of hydrogen-bond acceptors (Lipinski definition) is 7. The summed E-state index contributed by atoms with van der Waals surface area (Å²) in [7, 11) is 0. The second-order valence-electron chi connectivity index (χ2n) is 9.77. The second-order valence-corrected chi connectivity index (χ2v) is 9.77. The van der Waals surface area contributed by atoms with Gasteiger partial charge in [0.25, 0.3) is 0 Å². The molecule has 0 radical (unpaired) electrons. The number of fused-ring (bicyclic) bond motifs is 3. The van der Waals surface area contributed by atoms with Gasteiger partial charge in [-0.15, -0.1) is 0 Å². The maximum Gasteiger partial charge on any atom is 0.387 e. The van der Waals surface area contributed by atoms with E-state index in [-0.39, 0.29) is 12.3 Å². The van der Waals surface area contributed by atoms with Crippen LogP contribution in [0.15, 0.2) is 61.1 Å². The summed E-state index contributed by atoms with van der Waals surface area (Å²) < 4.78 is 43.6. The molecule has 3 fully saturated rings. The normalized spacial score (nSPS) is 18.7. The molecule has 0 saturated carbocycles. The molecule has 2 bridgehead atoms. The fourth-order valence-electron chi connectivity index (χ4n) is 5.56. The number of hydrogen-bond donors (Lipinski definition) is 1. The first-order valence-corrected chi connectivity index (χ1v) is 12.7. The Hall–Kier alpha value is -4.30. The van der Waals surface area contributed by atoms with Crippen molar-refractivity contribution in [2.45, 2.75) is 31.7 Å². The number of rotatable bonds is 9. The van der Waals surface area contributed by atoms with E-state index < -0.39 is 13.3 Å². The predicted octanol–water partition coefficient (Wildman–Crippen LogP) is 4.71. The minimum Gasteiger partial charge on any atom is -0.435 e. The number of halogens is 3. The monoisotopic (exact) mass is 533 g/mol. The molecular weight excluding hydrogens is 507 g/mol. The van der Waals surface area contributed by atoms with Gasteiger partial charge in [0.15, 0.2) is 0 Å².